The molecule has 1 unspecified atom stereocenters. The first-order valence-electron chi connectivity index (χ1n) is 7.85. The van der Waals surface area contributed by atoms with E-state index < -0.39 is 6.10 Å². The van der Waals surface area contributed by atoms with Crippen molar-refractivity contribution in [2.45, 2.75) is 51.6 Å². The molecule has 0 bridgehead atoms. The van der Waals surface area contributed by atoms with Gasteiger partial charge in [-0.2, -0.15) is 0 Å². The summed E-state index contributed by atoms with van der Waals surface area (Å²) < 4.78 is 5.07. The Bertz CT molecular complexity index is 381. The number of benzene rings is 1. The van der Waals surface area contributed by atoms with Crippen LogP contribution in [0.4, 0.5) is 5.69 Å². The van der Waals surface area contributed by atoms with Crippen LogP contribution in [-0.2, 0) is 9.53 Å². The summed E-state index contributed by atoms with van der Waals surface area (Å²) in [5, 5.41) is 12.9. The van der Waals surface area contributed by atoms with Crippen molar-refractivity contribution in [3.05, 3.63) is 30.3 Å². The van der Waals surface area contributed by atoms with E-state index in [9.17, 15) is 9.90 Å². The van der Waals surface area contributed by atoms with Crippen molar-refractivity contribution in [1.82, 2.24) is 0 Å². The van der Waals surface area contributed by atoms with E-state index in [-0.39, 0.29) is 12.6 Å². The molecule has 0 amide bonds. The van der Waals surface area contributed by atoms with Crippen molar-refractivity contribution >= 4 is 11.7 Å². The van der Waals surface area contributed by atoms with Gasteiger partial charge in [0.05, 0.1) is 0 Å². The van der Waals surface area contributed by atoms with Gasteiger partial charge in [0.1, 0.15) is 12.7 Å². The lowest BCUT2D eigenvalue weighted by atomic mass is 10.1. The summed E-state index contributed by atoms with van der Waals surface area (Å²) in [6.45, 7) is 2.58. The average Bonchev–Trinajstić information content (AvgIpc) is 2.51. The van der Waals surface area contributed by atoms with Gasteiger partial charge in [-0.05, 0) is 18.6 Å². The zero-order valence-electron chi connectivity index (χ0n) is 12.9. The van der Waals surface area contributed by atoms with Crippen molar-refractivity contribution in [2.24, 2.45) is 0 Å². The second kappa shape index (κ2) is 11.1. The van der Waals surface area contributed by atoms with E-state index in [4.69, 9.17) is 4.74 Å². The number of nitrogens with one attached hydrogen (secondary N) is 1. The summed E-state index contributed by atoms with van der Waals surface area (Å²) in [4.78, 5) is 11.5. The molecule has 1 aromatic carbocycles. The fraction of sp³-hybridized carbons (Fsp3) is 0.588. The van der Waals surface area contributed by atoms with Crippen molar-refractivity contribution < 1.29 is 14.6 Å². The Morgan fingerprint density at radius 3 is 2.62 bits per heavy atom. The normalized spacial score (nSPS) is 11.9. The maximum atomic E-state index is 11.5. The summed E-state index contributed by atoms with van der Waals surface area (Å²) in [5.41, 5.74) is 0.943. The number of hydrogen-bond donors (Lipinski definition) is 2. The van der Waals surface area contributed by atoms with Crippen LogP contribution in [0.3, 0.4) is 0 Å². The highest BCUT2D eigenvalue weighted by atomic mass is 16.5. The van der Waals surface area contributed by atoms with Gasteiger partial charge in [0.25, 0.3) is 0 Å². The van der Waals surface area contributed by atoms with Crippen LogP contribution in [0.2, 0.25) is 0 Å². The van der Waals surface area contributed by atoms with Crippen molar-refractivity contribution in [2.75, 3.05) is 18.5 Å². The van der Waals surface area contributed by atoms with Gasteiger partial charge in [-0.25, -0.2) is 0 Å². The first kappa shape index (κ1) is 17.5. The minimum absolute atomic E-state index is 0.0492. The average molecular weight is 293 g/mol. The highest BCUT2D eigenvalue weighted by molar-refractivity contribution is 5.69. The fourth-order valence-corrected chi connectivity index (χ4v) is 1.98. The maximum Gasteiger partial charge on any atom is 0.305 e. The number of anilines is 1. The largest absolute Gasteiger partial charge is 0.463 e. The zero-order chi connectivity index (χ0) is 15.3. The maximum absolute atomic E-state index is 11.5. The summed E-state index contributed by atoms with van der Waals surface area (Å²) in [7, 11) is 0. The number of aliphatic hydroxyl groups excluding tert-OH is 1. The smallest absolute Gasteiger partial charge is 0.305 e. The minimum atomic E-state index is -0.686. The predicted molar refractivity (Wildman–Crippen MR) is 85.3 cm³/mol. The first-order valence-corrected chi connectivity index (χ1v) is 7.85. The number of carbonyl (C=O) groups excluding carboxylic acids is 1. The molecule has 0 saturated heterocycles. The van der Waals surface area contributed by atoms with Crippen LogP contribution in [0.1, 0.15) is 45.4 Å². The molecule has 4 nitrogen and oxygen atoms in total. The Labute approximate surface area is 127 Å². The number of carbonyl (C=O) groups is 1. The van der Waals surface area contributed by atoms with Gasteiger partial charge in [0.2, 0.25) is 0 Å². The van der Waals surface area contributed by atoms with E-state index in [0.29, 0.717) is 13.0 Å². The Morgan fingerprint density at radius 2 is 1.90 bits per heavy atom. The SMILES string of the molecule is CCCCCCCC(=O)OCC(O)CNc1ccccc1. The fourth-order valence-electron chi connectivity index (χ4n) is 1.98. The van der Waals surface area contributed by atoms with Crippen LogP contribution >= 0.6 is 0 Å². The van der Waals surface area contributed by atoms with E-state index in [2.05, 4.69) is 12.2 Å². The number of para-hydroxylation sites is 1. The van der Waals surface area contributed by atoms with Crippen LogP contribution in [-0.4, -0.2) is 30.3 Å². The lowest BCUT2D eigenvalue weighted by Gasteiger charge is -2.13. The van der Waals surface area contributed by atoms with Gasteiger partial charge >= 0.3 is 5.97 Å². The molecule has 1 aromatic rings. The standard InChI is InChI=1S/C17H27NO3/c1-2-3-4-5-9-12-17(20)21-14-16(19)13-18-15-10-7-6-8-11-15/h6-8,10-11,16,18-19H,2-5,9,12-14H2,1H3. The monoisotopic (exact) mass is 293 g/mol. The van der Waals surface area contributed by atoms with Gasteiger partial charge in [-0.1, -0.05) is 50.8 Å². The Morgan fingerprint density at radius 1 is 1.19 bits per heavy atom. The van der Waals surface area contributed by atoms with Crippen molar-refractivity contribution in [3.63, 3.8) is 0 Å². The Balaban J connectivity index is 2.04. The van der Waals surface area contributed by atoms with Gasteiger partial charge in [-0.3, -0.25) is 4.79 Å². The van der Waals surface area contributed by atoms with E-state index >= 15 is 0 Å². The Hall–Kier alpha value is -1.55. The summed E-state index contributed by atoms with van der Waals surface area (Å²) >= 11 is 0. The van der Waals surface area contributed by atoms with E-state index in [1.54, 1.807) is 0 Å². The molecule has 118 valence electrons. The van der Waals surface area contributed by atoms with Gasteiger partial charge in [-0.15, -0.1) is 0 Å². The molecule has 0 aliphatic carbocycles. The third kappa shape index (κ3) is 9.08. The van der Waals surface area contributed by atoms with Crippen LogP contribution in [0.5, 0.6) is 0 Å². The summed E-state index contributed by atoms with van der Waals surface area (Å²) in [5.74, 6) is -0.217. The molecule has 0 radical (unpaired) electrons. The molecule has 21 heavy (non-hydrogen) atoms. The van der Waals surface area contributed by atoms with Crippen LogP contribution < -0.4 is 5.32 Å². The summed E-state index contributed by atoms with van der Waals surface area (Å²) in [6.07, 6.45) is 5.30. The van der Waals surface area contributed by atoms with E-state index in [1.165, 1.54) is 19.3 Å². The lowest BCUT2D eigenvalue weighted by molar-refractivity contribution is -0.146. The molecule has 0 aliphatic heterocycles. The van der Waals surface area contributed by atoms with Gasteiger partial charge in [0.15, 0.2) is 0 Å². The van der Waals surface area contributed by atoms with Gasteiger partial charge < -0.3 is 15.2 Å². The van der Waals surface area contributed by atoms with Gasteiger partial charge in [0, 0.05) is 18.7 Å². The second-order valence-corrected chi connectivity index (χ2v) is 5.25. The molecular formula is C17H27NO3. The third-order valence-electron chi connectivity index (χ3n) is 3.24. The number of aliphatic hydroxyl groups is 1. The molecular weight excluding hydrogens is 266 g/mol. The molecule has 1 rings (SSSR count). The number of unbranched alkanes of at least 4 members (excludes halogenated alkanes) is 4. The number of hydrogen-bond acceptors (Lipinski definition) is 4. The Kier molecular flexibility index (Phi) is 9.29. The quantitative estimate of drug-likeness (QED) is 0.485. The van der Waals surface area contributed by atoms with E-state index in [1.807, 2.05) is 30.3 Å². The topological polar surface area (TPSA) is 58.6 Å². The first-order chi connectivity index (χ1) is 10.2. The highest BCUT2D eigenvalue weighted by Gasteiger charge is 2.08. The molecule has 0 saturated carbocycles. The van der Waals surface area contributed by atoms with Crippen molar-refractivity contribution in [1.29, 1.82) is 0 Å². The minimum Gasteiger partial charge on any atom is -0.463 e. The summed E-state index contributed by atoms with van der Waals surface area (Å²) in [6, 6.07) is 9.63. The molecule has 0 aliphatic rings. The molecule has 1 atom stereocenters. The number of esters is 1. The molecule has 2 N–H and O–H groups in total. The molecule has 4 heteroatoms. The molecule has 0 spiro atoms. The molecule has 0 fully saturated rings. The van der Waals surface area contributed by atoms with Crippen LogP contribution in [0.15, 0.2) is 30.3 Å². The van der Waals surface area contributed by atoms with Crippen molar-refractivity contribution in [3.8, 4) is 0 Å². The number of ether oxygens (including phenoxy) is 1. The van der Waals surface area contributed by atoms with E-state index in [0.717, 1.165) is 18.5 Å². The molecule has 0 heterocycles. The predicted octanol–water partition coefficient (Wildman–Crippen LogP) is 3.36. The highest BCUT2D eigenvalue weighted by Crippen LogP contribution is 2.07. The van der Waals surface area contributed by atoms with Crippen LogP contribution in [0, 0.1) is 0 Å². The number of rotatable bonds is 11. The third-order valence-corrected chi connectivity index (χ3v) is 3.24. The molecule has 0 aromatic heterocycles. The van der Waals surface area contributed by atoms with Crippen LogP contribution in [0.25, 0.3) is 0 Å². The second-order valence-electron chi connectivity index (χ2n) is 5.25. The zero-order valence-corrected chi connectivity index (χ0v) is 12.9. The lowest BCUT2D eigenvalue weighted by Crippen LogP contribution is -2.26.